The number of benzene rings is 1. The fraction of sp³-hybridized carbons (Fsp3) is 0.333. The van der Waals surface area contributed by atoms with Crippen LogP contribution in [-0.2, 0) is 4.79 Å². The van der Waals surface area contributed by atoms with Crippen molar-refractivity contribution in [2.45, 2.75) is 25.3 Å². The number of carboxylic acid groups (broad SMARTS) is 1. The monoisotopic (exact) mass is 300 g/mol. The minimum atomic E-state index is -1.19. The molecule has 1 aliphatic rings. The van der Waals surface area contributed by atoms with Crippen LogP contribution in [0, 0.1) is 0 Å². The van der Waals surface area contributed by atoms with Gasteiger partial charge in [0, 0.05) is 6.54 Å². The quantitative estimate of drug-likeness (QED) is 0.924. The molecule has 1 N–H and O–H groups in total. The van der Waals surface area contributed by atoms with E-state index >= 15 is 0 Å². The van der Waals surface area contributed by atoms with Gasteiger partial charge in [-0.15, -0.1) is 5.10 Å². The summed E-state index contributed by atoms with van der Waals surface area (Å²) in [7, 11) is 0. The fourth-order valence-corrected chi connectivity index (χ4v) is 2.70. The Morgan fingerprint density at radius 2 is 2.00 bits per heavy atom. The highest BCUT2D eigenvalue weighted by Gasteiger charge is 2.46. The Morgan fingerprint density at radius 3 is 2.68 bits per heavy atom. The Labute approximate surface area is 127 Å². The molecule has 1 aromatic carbocycles. The second-order valence-electron chi connectivity index (χ2n) is 5.49. The average molecular weight is 300 g/mol. The van der Waals surface area contributed by atoms with Gasteiger partial charge in [-0.25, -0.2) is 14.5 Å². The molecule has 0 radical (unpaired) electrons. The average Bonchev–Trinajstić information content (AvgIpc) is 3.15. The zero-order chi connectivity index (χ0) is 15.7. The van der Waals surface area contributed by atoms with Crippen molar-refractivity contribution < 1.29 is 14.7 Å². The lowest BCUT2D eigenvalue weighted by atomic mass is 9.99. The van der Waals surface area contributed by atoms with E-state index in [0.29, 0.717) is 19.4 Å². The number of aromatic nitrogens is 3. The molecule has 1 aliphatic heterocycles. The molecular weight excluding hydrogens is 284 g/mol. The van der Waals surface area contributed by atoms with Crippen LogP contribution in [0.5, 0.6) is 0 Å². The smallest absolute Gasteiger partial charge is 0.329 e. The molecule has 22 heavy (non-hydrogen) atoms. The van der Waals surface area contributed by atoms with Crippen LogP contribution in [0.3, 0.4) is 0 Å². The number of rotatable bonds is 3. The Balaban J connectivity index is 1.88. The number of likely N-dealkylation sites (tertiary alicyclic amines) is 1. The first-order chi connectivity index (χ1) is 10.5. The number of carbonyl (C=O) groups is 2. The van der Waals surface area contributed by atoms with Gasteiger partial charge < -0.3 is 10.0 Å². The van der Waals surface area contributed by atoms with Gasteiger partial charge in [0.25, 0.3) is 5.91 Å². The van der Waals surface area contributed by atoms with Gasteiger partial charge >= 0.3 is 5.97 Å². The Bertz CT molecular complexity index is 713. The summed E-state index contributed by atoms with van der Waals surface area (Å²) < 4.78 is 1.50. The molecule has 1 unspecified atom stereocenters. The van der Waals surface area contributed by atoms with Gasteiger partial charge in [0.2, 0.25) is 5.82 Å². The van der Waals surface area contributed by atoms with E-state index in [1.807, 2.05) is 30.3 Å². The number of para-hydroxylation sites is 1. The van der Waals surface area contributed by atoms with E-state index in [0.717, 1.165) is 5.69 Å². The van der Waals surface area contributed by atoms with Crippen molar-refractivity contribution in [3.05, 3.63) is 42.5 Å². The predicted octanol–water partition coefficient (Wildman–Crippen LogP) is 1.35. The number of hydrogen-bond acceptors (Lipinski definition) is 4. The number of carbonyl (C=O) groups excluding carboxylic acids is 1. The number of carboxylic acids is 1. The van der Waals surface area contributed by atoms with Crippen LogP contribution in [0.15, 0.2) is 36.7 Å². The van der Waals surface area contributed by atoms with Gasteiger partial charge in [0.15, 0.2) is 0 Å². The summed E-state index contributed by atoms with van der Waals surface area (Å²) in [6.45, 7) is 1.97. The van der Waals surface area contributed by atoms with Crippen LogP contribution in [-0.4, -0.2) is 48.7 Å². The molecule has 114 valence electrons. The molecule has 0 saturated carbocycles. The van der Waals surface area contributed by atoms with Crippen molar-refractivity contribution in [2.75, 3.05) is 6.54 Å². The van der Waals surface area contributed by atoms with Crippen molar-refractivity contribution in [3.8, 4) is 5.69 Å². The topological polar surface area (TPSA) is 88.3 Å². The van der Waals surface area contributed by atoms with Gasteiger partial charge in [0.05, 0.1) is 5.69 Å². The summed E-state index contributed by atoms with van der Waals surface area (Å²) in [6, 6.07) is 9.30. The summed E-state index contributed by atoms with van der Waals surface area (Å²) in [6.07, 6.45) is 2.55. The van der Waals surface area contributed by atoms with Crippen molar-refractivity contribution in [3.63, 3.8) is 0 Å². The number of hydrogen-bond donors (Lipinski definition) is 1. The minimum Gasteiger partial charge on any atom is -0.480 e. The lowest BCUT2D eigenvalue weighted by Gasteiger charge is -2.30. The Kier molecular flexibility index (Phi) is 3.40. The molecule has 7 heteroatoms. The second kappa shape index (κ2) is 5.25. The zero-order valence-corrected chi connectivity index (χ0v) is 12.1. The third-order valence-corrected chi connectivity index (χ3v) is 4.05. The van der Waals surface area contributed by atoms with Gasteiger partial charge in [-0.2, -0.15) is 0 Å². The van der Waals surface area contributed by atoms with E-state index in [-0.39, 0.29) is 5.82 Å². The van der Waals surface area contributed by atoms with Crippen LogP contribution in [0.25, 0.3) is 5.69 Å². The molecule has 1 aromatic heterocycles. The van der Waals surface area contributed by atoms with Crippen molar-refractivity contribution in [2.24, 2.45) is 0 Å². The van der Waals surface area contributed by atoms with Crippen molar-refractivity contribution >= 4 is 11.9 Å². The van der Waals surface area contributed by atoms with E-state index in [1.165, 1.54) is 15.9 Å². The third-order valence-electron chi connectivity index (χ3n) is 4.05. The molecule has 1 saturated heterocycles. The summed E-state index contributed by atoms with van der Waals surface area (Å²) >= 11 is 0. The minimum absolute atomic E-state index is 0.0122. The lowest BCUT2D eigenvalue weighted by Crippen LogP contribution is -2.51. The Hall–Kier alpha value is -2.70. The van der Waals surface area contributed by atoms with Crippen LogP contribution in [0.4, 0.5) is 0 Å². The van der Waals surface area contributed by atoms with Crippen LogP contribution < -0.4 is 0 Å². The summed E-state index contributed by atoms with van der Waals surface area (Å²) in [5.41, 5.74) is -0.397. The molecule has 0 spiro atoms. The van der Waals surface area contributed by atoms with Crippen LogP contribution in [0.2, 0.25) is 0 Å². The maximum Gasteiger partial charge on any atom is 0.329 e. The highest BCUT2D eigenvalue weighted by atomic mass is 16.4. The highest BCUT2D eigenvalue weighted by Crippen LogP contribution is 2.30. The first-order valence-electron chi connectivity index (χ1n) is 7.05. The fourth-order valence-electron chi connectivity index (χ4n) is 2.70. The van der Waals surface area contributed by atoms with Gasteiger partial charge in [-0.1, -0.05) is 18.2 Å². The van der Waals surface area contributed by atoms with E-state index in [1.54, 1.807) is 6.92 Å². The second-order valence-corrected chi connectivity index (χ2v) is 5.49. The number of amides is 1. The Morgan fingerprint density at radius 1 is 1.27 bits per heavy atom. The first-order valence-corrected chi connectivity index (χ1v) is 7.05. The lowest BCUT2D eigenvalue weighted by molar-refractivity contribution is -0.147. The molecule has 7 nitrogen and oxygen atoms in total. The van der Waals surface area contributed by atoms with Crippen LogP contribution >= 0.6 is 0 Å². The molecule has 0 bridgehead atoms. The van der Waals surface area contributed by atoms with Gasteiger partial charge in [-0.05, 0) is 31.9 Å². The van der Waals surface area contributed by atoms with Crippen molar-refractivity contribution in [1.82, 2.24) is 19.7 Å². The molecule has 1 fully saturated rings. The van der Waals surface area contributed by atoms with E-state index in [4.69, 9.17) is 0 Å². The third kappa shape index (κ3) is 2.24. The largest absolute Gasteiger partial charge is 0.480 e. The molecule has 3 rings (SSSR count). The van der Waals surface area contributed by atoms with E-state index < -0.39 is 17.4 Å². The first kappa shape index (κ1) is 14.2. The van der Waals surface area contributed by atoms with Gasteiger partial charge in [-0.3, -0.25) is 4.79 Å². The van der Waals surface area contributed by atoms with Gasteiger partial charge in [0.1, 0.15) is 11.9 Å². The molecular formula is C15H16N4O3. The zero-order valence-electron chi connectivity index (χ0n) is 12.1. The molecule has 2 heterocycles. The normalized spacial score (nSPS) is 21.0. The summed E-state index contributed by atoms with van der Waals surface area (Å²) in [4.78, 5) is 29.4. The maximum atomic E-state index is 12.5. The maximum absolute atomic E-state index is 12.5. The van der Waals surface area contributed by atoms with Crippen molar-refractivity contribution in [1.29, 1.82) is 0 Å². The summed E-state index contributed by atoms with van der Waals surface area (Å²) in [5.74, 6) is -1.43. The SMILES string of the molecule is CC1(C(=O)O)CCCN1C(=O)c1ncn(-c2ccccc2)n1. The standard InChI is InChI=1S/C15H16N4O3/c1-15(14(21)22)8-5-9-18(15)13(20)12-16-10-19(17-12)11-6-3-2-4-7-11/h2-4,6-7,10H,5,8-9H2,1H3,(H,21,22). The van der Waals surface area contributed by atoms with Crippen LogP contribution in [0.1, 0.15) is 30.4 Å². The molecule has 1 amide bonds. The predicted molar refractivity (Wildman–Crippen MR) is 77.7 cm³/mol. The van der Waals surface area contributed by atoms with E-state index in [9.17, 15) is 14.7 Å². The molecule has 0 aliphatic carbocycles. The number of nitrogens with zero attached hydrogens (tertiary/aromatic N) is 4. The van der Waals surface area contributed by atoms with E-state index in [2.05, 4.69) is 10.1 Å². The molecule has 2 aromatic rings. The highest BCUT2D eigenvalue weighted by molar-refractivity contribution is 5.95. The number of aliphatic carboxylic acids is 1. The summed E-state index contributed by atoms with van der Waals surface area (Å²) in [5, 5.41) is 13.6. The molecule has 1 atom stereocenters.